The number of nitrogens with one attached hydrogen (secondary N) is 1. The topological polar surface area (TPSA) is 108 Å². The third kappa shape index (κ3) is 4.74. The lowest BCUT2D eigenvalue weighted by Gasteiger charge is -2.58. The fourth-order valence-electron chi connectivity index (χ4n) is 7.75. The maximum Gasteiger partial charge on any atom is 0.303 e. The number of rotatable bonds is 8. The summed E-state index contributed by atoms with van der Waals surface area (Å²) >= 11 is 0. The van der Waals surface area contributed by atoms with Crippen molar-refractivity contribution in [3.63, 3.8) is 0 Å². The molecule has 0 heterocycles. The van der Waals surface area contributed by atoms with Gasteiger partial charge in [-0.25, -0.2) is 0 Å². The van der Waals surface area contributed by atoms with Crippen LogP contribution >= 0.6 is 0 Å². The number of amides is 1. The van der Waals surface area contributed by atoms with E-state index < -0.39 is 11.6 Å². The van der Waals surface area contributed by atoms with E-state index >= 15 is 0 Å². The smallest absolute Gasteiger partial charge is 0.303 e. The number of hydrogen-bond acceptors (Lipinski definition) is 5. The lowest BCUT2D eigenvalue weighted by atomic mass is 9.46. The Morgan fingerprint density at radius 1 is 1.17 bits per heavy atom. The van der Waals surface area contributed by atoms with Crippen LogP contribution in [0, 0.1) is 40.9 Å². The van der Waals surface area contributed by atoms with Crippen LogP contribution in [0.5, 0.6) is 0 Å². The summed E-state index contributed by atoms with van der Waals surface area (Å²) in [5.74, 6) is 3.39. The number of carbonyl (C=O) groups is 2. The maximum absolute atomic E-state index is 11.9. The first kappa shape index (κ1) is 25.8. The Labute approximate surface area is 208 Å². The van der Waals surface area contributed by atoms with E-state index in [0.717, 1.165) is 57.1 Å². The van der Waals surface area contributed by atoms with Crippen molar-refractivity contribution >= 4 is 17.6 Å². The molecule has 192 valence electrons. The fourth-order valence-corrected chi connectivity index (χ4v) is 7.75. The highest BCUT2D eigenvalue weighted by Gasteiger charge is 2.63. The molecule has 6 atom stereocenters. The summed E-state index contributed by atoms with van der Waals surface area (Å²) in [6, 6.07) is 0. The molecule has 35 heavy (non-hydrogen) atoms. The minimum atomic E-state index is -0.964. The van der Waals surface area contributed by atoms with Crippen LogP contribution in [0.1, 0.15) is 84.5 Å². The van der Waals surface area contributed by atoms with Gasteiger partial charge in [-0.2, -0.15) is 0 Å². The largest absolute Gasteiger partial charge is 0.481 e. The lowest BCUT2D eigenvalue weighted by molar-refractivity contribution is -0.137. The van der Waals surface area contributed by atoms with Crippen molar-refractivity contribution in [1.29, 1.82) is 0 Å². The van der Waals surface area contributed by atoms with Gasteiger partial charge in [0.2, 0.25) is 0 Å². The molecule has 4 rings (SSSR count). The summed E-state index contributed by atoms with van der Waals surface area (Å²) in [5, 5.41) is 26.8. The lowest BCUT2D eigenvalue weighted by Crippen LogP contribution is -2.54. The normalized spacial score (nSPS) is 39.0. The van der Waals surface area contributed by atoms with Crippen LogP contribution in [0.4, 0.5) is 0 Å². The number of fused-ring (bicyclic) bond motifs is 5. The van der Waals surface area contributed by atoms with Crippen molar-refractivity contribution in [2.75, 3.05) is 13.2 Å². The number of terminal acetylenes is 1. The average Bonchev–Trinajstić information content (AvgIpc) is 3.10. The molecule has 0 spiro atoms. The van der Waals surface area contributed by atoms with E-state index in [4.69, 9.17) is 16.4 Å². The van der Waals surface area contributed by atoms with Gasteiger partial charge in [-0.1, -0.05) is 30.5 Å². The number of aliphatic carboxylic acids is 1. The van der Waals surface area contributed by atoms with E-state index in [1.807, 2.05) is 0 Å². The van der Waals surface area contributed by atoms with Crippen molar-refractivity contribution < 1.29 is 24.6 Å². The zero-order valence-corrected chi connectivity index (χ0v) is 21.1. The molecule has 7 nitrogen and oxygen atoms in total. The molecule has 3 N–H and O–H groups in total. The summed E-state index contributed by atoms with van der Waals surface area (Å²) < 4.78 is 0. The average molecular weight is 485 g/mol. The number of hydrogen-bond donors (Lipinski definition) is 3. The van der Waals surface area contributed by atoms with Gasteiger partial charge in [0.15, 0.2) is 6.61 Å². The zero-order chi connectivity index (χ0) is 25.3. The number of carboxylic acid groups (broad SMARTS) is 1. The van der Waals surface area contributed by atoms with Crippen molar-refractivity contribution in [2.24, 2.45) is 33.7 Å². The maximum atomic E-state index is 11.9. The quantitative estimate of drug-likeness (QED) is 0.274. The standard InChI is InChI=1S/C28H40N2O5/c1-4-28(34)15-12-23-21-9-8-19-17-20(10-13-26(19,2)22(21)11-14-27(23,28)3)30-35-18-24(31)29-16-6-5-7-25(32)33/h1,17,21-23,34H,5-16,18H2,2-3H3,(H,29,31)(H,32,33)/b30-20+/t21-,22+,23-,26+,27+,28+/m1/s1. The Bertz CT molecular complexity index is 951. The first-order valence-corrected chi connectivity index (χ1v) is 13.2. The minimum Gasteiger partial charge on any atom is -0.481 e. The first-order chi connectivity index (χ1) is 16.6. The summed E-state index contributed by atoms with van der Waals surface area (Å²) in [6.45, 7) is 4.95. The highest BCUT2D eigenvalue weighted by Crippen LogP contribution is 2.67. The van der Waals surface area contributed by atoms with Crippen molar-refractivity contribution in [3.8, 4) is 12.3 Å². The molecule has 4 aliphatic carbocycles. The highest BCUT2D eigenvalue weighted by atomic mass is 16.6. The molecule has 4 aliphatic rings. The Morgan fingerprint density at radius 2 is 1.94 bits per heavy atom. The fraction of sp³-hybridized carbons (Fsp3) is 0.750. The molecule has 0 radical (unpaired) electrons. The molecule has 0 aromatic heterocycles. The number of unbranched alkanes of at least 4 members (excludes halogenated alkanes) is 1. The minimum absolute atomic E-state index is 0.113. The predicted molar refractivity (Wildman–Crippen MR) is 133 cm³/mol. The number of allylic oxidation sites excluding steroid dienone is 2. The summed E-state index contributed by atoms with van der Waals surface area (Å²) in [6.07, 6.45) is 17.1. The van der Waals surface area contributed by atoms with Gasteiger partial charge in [0, 0.05) is 18.4 Å². The van der Waals surface area contributed by atoms with Crippen LogP contribution < -0.4 is 5.32 Å². The van der Waals surface area contributed by atoms with Crippen LogP contribution in [0.15, 0.2) is 16.8 Å². The van der Waals surface area contributed by atoms with Gasteiger partial charge in [-0.05, 0) is 93.5 Å². The van der Waals surface area contributed by atoms with Gasteiger partial charge in [-0.15, -0.1) is 6.42 Å². The molecular weight excluding hydrogens is 444 g/mol. The first-order valence-electron chi connectivity index (χ1n) is 13.2. The van der Waals surface area contributed by atoms with Crippen LogP contribution in [-0.2, 0) is 14.4 Å². The number of aliphatic hydroxyl groups is 1. The van der Waals surface area contributed by atoms with Crippen molar-refractivity contribution in [2.45, 2.75) is 90.1 Å². The Hall–Kier alpha value is -2.33. The second kappa shape index (κ2) is 9.97. The number of carbonyl (C=O) groups excluding carboxylic acids is 1. The van der Waals surface area contributed by atoms with E-state index in [-0.39, 0.29) is 29.8 Å². The molecular formula is C28H40N2O5. The molecule has 0 aliphatic heterocycles. The number of nitrogens with zero attached hydrogens (tertiary/aromatic N) is 1. The highest BCUT2D eigenvalue weighted by molar-refractivity contribution is 5.96. The molecule has 0 aromatic rings. The summed E-state index contributed by atoms with van der Waals surface area (Å²) in [7, 11) is 0. The molecule has 1 amide bonds. The molecule has 3 fully saturated rings. The van der Waals surface area contributed by atoms with Crippen LogP contribution in [-0.4, -0.2) is 46.6 Å². The van der Waals surface area contributed by atoms with Crippen LogP contribution in [0.25, 0.3) is 0 Å². The third-order valence-electron chi connectivity index (χ3n) is 9.88. The second-order valence-electron chi connectivity index (χ2n) is 11.6. The van der Waals surface area contributed by atoms with Gasteiger partial charge in [0.1, 0.15) is 5.60 Å². The van der Waals surface area contributed by atoms with E-state index in [0.29, 0.717) is 37.1 Å². The summed E-state index contributed by atoms with van der Waals surface area (Å²) in [4.78, 5) is 27.8. The van der Waals surface area contributed by atoms with Gasteiger partial charge in [0.05, 0.1) is 5.71 Å². The zero-order valence-electron chi connectivity index (χ0n) is 21.1. The van der Waals surface area contributed by atoms with Gasteiger partial charge >= 0.3 is 5.97 Å². The molecule has 0 bridgehead atoms. The number of oxime groups is 1. The van der Waals surface area contributed by atoms with Gasteiger partial charge in [0.25, 0.3) is 5.91 Å². The van der Waals surface area contributed by atoms with E-state index in [2.05, 4.69) is 36.3 Å². The van der Waals surface area contributed by atoms with E-state index in [1.165, 1.54) is 5.57 Å². The second-order valence-corrected chi connectivity index (χ2v) is 11.6. The Kier molecular flexibility index (Phi) is 7.33. The molecule has 0 unspecified atom stereocenters. The van der Waals surface area contributed by atoms with Crippen molar-refractivity contribution in [3.05, 3.63) is 11.6 Å². The molecule has 0 saturated heterocycles. The predicted octanol–water partition coefficient (Wildman–Crippen LogP) is 4.06. The Morgan fingerprint density at radius 3 is 2.69 bits per heavy atom. The van der Waals surface area contributed by atoms with E-state index in [1.54, 1.807) is 0 Å². The van der Waals surface area contributed by atoms with Crippen LogP contribution in [0.2, 0.25) is 0 Å². The van der Waals surface area contributed by atoms with E-state index in [9.17, 15) is 14.7 Å². The SMILES string of the molecule is C#C[C@]1(O)CC[C@@H]2[C@@H]3CCC4=C/C(=N/OCC(=O)NCCCCC(=O)O)CC[C@]4(C)[C@H]3CC[C@@]21C. The van der Waals surface area contributed by atoms with Crippen LogP contribution in [0.3, 0.4) is 0 Å². The Balaban J connectivity index is 1.33. The molecule has 7 heteroatoms. The summed E-state index contributed by atoms with van der Waals surface area (Å²) in [5.41, 5.74) is 1.35. The number of carboxylic acids is 1. The van der Waals surface area contributed by atoms with Crippen molar-refractivity contribution in [1.82, 2.24) is 5.32 Å². The molecule has 3 saturated carbocycles. The third-order valence-corrected chi connectivity index (χ3v) is 9.88. The molecule has 0 aromatic carbocycles. The van der Waals surface area contributed by atoms with Gasteiger partial charge < -0.3 is 20.4 Å². The van der Waals surface area contributed by atoms with Gasteiger partial charge in [-0.3, -0.25) is 9.59 Å². The monoisotopic (exact) mass is 484 g/mol.